The van der Waals surface area contributed by atoms with E-state index in [4.69, 9.17) is 11.5 Å². The molecule has 0 amide bonds. The molecule has 0 saturated carbocycles. The van der Waals surface area contributed by atoms with Gasteiger partial charge in [0.25, 0.3) is 0 Å². The molecular weight excluding hydrogens is 216 g/mol. The Kier molecular flexibility index (Phi) is 3.63. The van der Waals surface area contributed by atoms with E-state index < -0.39 is 0 Å². The van der Waals surface area contributed by atoms with Crippen LogP contribution in [-0.4, -0.2) is 47.6 Å². The van der Waals surface area contributed by atoms with E-state index in [-0.39, 0.29) is 5.95 Å². The van der Waals surface area contributed by atoms with Gasteiger partial charge in [-0.2, -0.15) is 9.97 Å². The van der Waals surface area contributed by atoms with Crippen LogP contribution in [0.15, 0.2) is 6.07 Å². The Bertz CT molecular complexity index is 352. The monoisotopic (exact) mass is 236 g/mol. The number of nitrogens with two attached hydrogens (primary N) is 2. The summed E-state index contributed by atoms with van der Waals surface area (Å²) in [5.41, 5.74) is 11.3. The van der Waals surface area contributed by atoms with E-state index in [1.165, 1.54) is 13.0 Å². The van der Waals surface area contributed by atoms with Gasteiger partial charge in [0.2, 0.25) is 5.95 Å². The molecule has 1 aliphatic rings. The number of rotatable bonds is 3. The molecular formula is C11H20N6. The summed E-state index contributed by atoms with van der Waals surface area (Å²) < 4.78 is 0. The highest BCUT2D eigenvalue weighted by Gasteiger charge is 2.17. The van der Waals surface area contributed by atoms with Crippen molar-refractivity contribution in [1.82, 2.24) is 14.9 Å². The first-order valence-electron chi connectivity index (χ1n) is 6.06. The molecule has 0 unspecified atom stereocenters. The third-order valence-corrected chi connectivity index (χ3v) is 2.99. The van der Waals surface area contributed by atoms with Gasteiger partial charge in [0.05, 0.1) is 0 Å². The summed E-state index contributed by atoms with van der Waals surface area (Å²) in [6, 6.07) is 1.78. The van der Waals surface area contributed by atoms with Gasteiger partial charge in [0.15, 0.2) is 0 Å². The SMILES string of the molecule is CCCN1CCN(c2cc(N)nc(N)n2)CC1. The largest absolute Gasteiger partial charge is 0.383 e. The Morgan fingerprint density at radius 1 is 1.18 bits per heavy atom. The molecule has 1 saturated heterocycles. The van der Waals surface area contributed by atoms with E-state index in [9.17, 15) is 0 Å². The number of nitrogens with zero attached hydrogens (tertiary/aromatic N) is 4. The number of hydrogen-bond acceptors (Lipinski definition) is 6. The average Bonchev–Trinajstić information content (AvgIpc) is 2.29. The van der Waals surface area contributed by atoms with Gasteiger partial charge in [-0.1, -0.05) is 6.92 Å². The number of piperazine rings is 1. The summed E-state index contributed by atoms with van der Waals surface area (Å²) >= 11 is 0. The van der Waals surface area contributed by atoms with E-state index in [1.807, 2.05) is 0 Å². The lowest BCUT2D eigenvalue weighted by atomic mass is 10.3. The Labute approximate surface area is 102 Å². The van der Waals surface area contributed by atoms with E-state index in [1.54, 1.807) is 6.07 Å². The first-order valence-corrected chi connectivity index (χ1v) is 6.06. The molecule has 0 spiro atoms. The molecule has 17 heavy (non-hydrogen) atoms. The van der Waals surface area contributed by atoms with Gasteiger partial charge in [-0.15, -0.1) is 0 Å². The van der Waals surface area contributed by atoms with Gasteiger partial charge in [-0.3, -0.25) is 4.90 Å². The van der Waals surface area contributed by atoms with Crippen LogP contribution in [0.4, 0.5) is 17.6 Å². The minimum absolute atomic E-state index is 0.246. The van der Waals surface area contributed by atoms with Crippen molar-refractivity contribution in [3.8, 4) is 0 Å². The minimum atomic E-state index is 0.246. The van der Waals surface area contributed by atoms with Crippen LogP contribution < -0.4 is 16.4 Å². The summed E-state index contributed by atoms with van der Waals surface area (Å²) in [6.45, 7) is 7.45. The standard InChI is InChI=1S/C11H20N6/c1-2-3-16-4-6-17(7-5-16)10-8-9(12)14-11(13)15-10/h8H,2-7H2,1H3,(H4,12,13,14,15). The summed E-state index contributed by atoms with van der Waals surface area (Å²) in [5, 5.41) is 0. The van der Waals surface area contributed by atoms with Crippen LogP contribution in [0.3, 0.4) is 0 Å². The molecule has 1 aliphatic heterocycles. The Morgan fingerprint density at radius 3 is 2.47 bits per heavy atom. The van der Waals surface area contributed by atoms with Crippen LogP contribution in [0.2, 0.25) is 0 Å². The number of anilines is 3. The van der Waals surface area contributed by atoms with E-state index >= 15 is 0 Å². The van der Waals surface area contributed by atoms with Crippen molar-refractivity contribution < 1.29 is 0 Å². The molecule has 6 nitrogen and oxygen atoms in total. The molecule has 0 bridgehead atoms. The average molecular weight is 236 g/mol. The maximum atomic E-state index is 5.67. The Balaban J connectivity index is 2.00. The van der Waals surface area contributed by atoms with Crippen molar-refractivity contribution in [2.24, 2.45) is 0 Å². The molecule has 1 aromatic rings. The predicted molar refractivity (Wildman–Crippen MR) is 69.8 cm³/mol. The maximum absolute atomic E-state index is 5.67. The van der Waals surface area contributed by atoms with Gasteiger partial charge >= 0.3 is 0 Å². The highest BCUT2D eigenvalue weighted by molar-refractivity contribution is 5.50. The predicted octanol–water partition coefficient (Wildman–Crippen LogP) is 0.173. The minimum Gasteiger partial charge on any atom is -0.383 e. The molecule has 2 rings (SSSR count). The lowest BCUT2D eigenvalue weighted by Crippen LogP contribution is -2.46. The van der Waals surface area contributed by atoms with E-state index in [2.05, 4.69) is 26.7 Å². The van der Waals surface area contributed by atoms with Crippen molar-refractivity contribution in [3.63, 3.8) is 0 Å². The highest BCUT2D eigenvalue weighted by atomic mass is 15.3. The lowest BCUT2D eigenvalue weighted by molar-refractivity contribution is 0.258. The molecule has 6 heteroatoms. The number of nitrogen functional groups attached to an aromatic ring is 2. The number of hydrogen-bond donors (Lipinski definition) is 2. The second-order valence-electron chi connectivity index (χ2n) is 4.34. The van der Waals surface area contributed by atoms with Crippen molar-refractivity contribution in [2.75, 3.05) is 49.1 Å². The smallest absolute Gasteiger partial charge is 0.223 e. The van der Waals surface area contributed by atoms with Crippen LogP contribution in [0.25, 0.3) is 0 Å². The quantitative estimate of drug-likeness (QED) is 0.778. The summed E-state index contributed by atoms with van der Waals surface area (Å²) in [4.78, 5) is 12.8. The Morgan fingerprint density at radius 2 is 1.88 bits per heavy atom. The fourth-order valence-electron chi connectivity index (χ4n) is 2.15. The molecule has 0 aromatic carbocycles. The van der Waals surface area contributed by atoms with Gasteiger partial charge < -0.3 is 16.4 Å². The fourth-order valence-corrected chi connectivity index (χ4v) is 2.15. The molecule has 4 N–H and O–H groups in total. The zero-order valence-electron chi connectivity index (χ0n) is 10.3. The third kappa shape index (κ3) is 2.97. The zero-order chi connectivity index (χ0) is 12.3. The molecule has 94 valence electrons. The van der Waals surface area contributed by atoms with Crippen LogP contribution >= 0.6 is 0 Å². The second-order valence-corrected chi connectivity index (χ2v) is 4.34. The highest BCUT2D eigenvalue weighted by Crippen LogP contribution is 2.16. The topological polar surface area (TPSA) is 84.3 Å². The van der Waals surface area contributed by atoms with Crippen molar-refractivity contribution in [3.05, 3.63) is 6.07 Å². The van der Waals surface area contributed by atoms with Gasteiger partial charge in [-0.05, 0) is 13.0 Å². The zero-order valence-corrected chi connectivity index (χ0v) is 10.3. The first-order chi connectivity index (χ1) is 8.19. The molecule has 1 aromatic heterocycles. The van der Waals surface area contributed by atoms with Crippen molar-refractivity contribution >= 4 is 17.6 Å². The molecule has 2 heterocycles. The molecule has 0 aliphatic carbocycles. The van der Waals surface area contributed by atoms with E-state index in [0.717, 1.165) is 32.0 Å². The molecule has 0 radical (unpaired) electrons. The summed E-state index contributed by atoms with van der Waals surface area (Å²) in [6.07, 6.45) is 1.20. The second kappa shape index (κ2) is 5.18. The normalized spacial score (nSPS) is 17.4. The van der Waals surface area contributed by atoms with Crippen molar-refractivity contribution in [2.45, 2.75) is 13.3 Å². The Hall–Kier alpha value is -1.56. The van der Waals surface area contributed by atoms with E-state index in [0.29, 0.717) is 5.82 Å². The number of aromatic nitrogens is 2. The van der Waals surface area contributed by atoms with Crippen LogP contribution in [0.5, 0.6) is 0 Å². The summed E-state index contributed by atoms with van der Waals surface area (Å²) in [7, 11) is 0. The molecule has 0 atom stereocenters. The first kappa shape index (κ1) is 11.9. The van der Waals surface area contributed by atoms with Gasteiger partial charge in [0, 0.05) is 32.2 Å². The summed E-state index contributed by atoms with van der Waals surface area (Å²) in [5.74, 6) is 1.52. The van der Waals surface area contributed by atoms with Gasteiger partial charge in [0.1, 0.15) is 11.6 Å². The van der Waals surface area contributed by atoms with Crippen LogP contribution in [0.1, 0.15) is 13.3 Å². The van der Waals surface area contributed by atoms with Gasteiger partial charge in [-0.25, -0.2) is 0 Å². The lowest BCUT2D eigenvalue weighted by Gasteiger charge is -2.35. The maximum Gasteiger partial charge on any atom is 0.223 e. The molecule has 1 fully saturated rings. The van der Waals surface area contributed by atoms with Crippen LogP contribution in [-0.2, 0) is 0 Å². The van der Waals surface area contributed by atoms with Crippen molar-refractivity contribution in [1.29, 1.82) is 0 Å². The van der Waals surface area contributed by atoms with Crippen LogP contribution in [0, 0.1) is 0 Å². The third-order valence-electron chi connectivity index (χ3n) is 2.99. The fraction of sp³-hybridized carbons (Fsp3) is 0.636.